The van der Waals surface area contributed by atoms with E-state index in [0.29, 0.717) is 38.1 Å². The third-order valence-electron chi connectivity index (χ3n) is 7.83. The first-order valence-electron chi connectivity index (χ1n) is 15.6. The predicted molar refractivity (Wildman–Crippen MR) is 162 cm³/mol. The van der Waals surface area contributed by atoms with E-state index < -0.39 is 5.60 Å². The van der Waals surface area contributed by atoms with Gasteiger partial charge in [0.1, 0.15) is 18.1 Å². The first-order chi connectivity index (χ1) is 20.3. The van der Waals surface area contributed by atoms with Gasteiger partial charge >= 0.3 is 6.09 Å². The van der Waals surface area contributed by atoms with Crippen LogP contribution in [0.25, 0.3) is 11.1 Å². The molecule has 1 aromatic carbocycles. The van der Waals surface area contributed by atoms with Crippen molar-refractivity contribution in [1.29, 1.82) is 0 Å². The fourth-order valence-corrected chi connectivity index (χ4v) is 5.52. The van der Waals surface area contributed by atoms with Crippen LogP contribution in [-0.2, 0) is 20.6 Å². The largest absolute Gasteiger partial charge is 0.490 e. The second-order valence-electron chi connectivity index (χ2n) is 12.4. The second kappa shape index (κ2) is 15.5. The minimum atomic E-state index is -0.553. The average Bonchev–Trinajstić information content (AvgIpc) is 2.98. The Hall–Kier alpha value is -2.91. The van der Waals surface area contributed by atoms with Crippen molar-refractivity contribution in [2.75, 3.05) is 33.6 Å². The number of carbonyl (C=O) groups is 1. The summed E-state index contributed by atoms with van der Waals surface area (Å²) in [5.41, 5.74) is 2.52. The number of benzene rings is 1. The van der Waals surface area contributed by atoms with Crippen molar-refractivity contribution in [3.05, 3.63) is 36.0 Å². The van der Waals surface area contributed by atoms with Crippen LogP contribution >= 0.6 is 0 Å². The van der Waals surface area contributed by atoms with Crippen molar-refractivity contribution in [1.82, 2.24) is 15.1 Å². The molecule has 9 nitrogen and oxygen atoms in total. The molecule has 1 aliphatic carbocycles. The fourth-order valence-electron chi connectivity index (χ4n) is 5.52. The van der Waals surface area contributed by atoms with Crippen molar-refractivity contribution >= 4 is 6.09 Å². The SMILES string of the molecule is CCCCc1nnc(OC[C@@H]2CCN(C(=O)OC(C)(C)C)C[C@@H]2OCOC)cc1-c1ccc(OC2CCCCC2)cc1. The van der Waals surface area contributed by atoms with Gasteiger partial charge in [0, 0.05) is 31.2 Å². The van der Waals surface area contributed by atoms with E-state index in [1.54, 1.807) is 12.0 Å². The van der Waals surface area contributed by atoms with Gasteiger partial charge in [-0.05, 0) is 83.4 Å². The van der Waals surface area contributed by atoms with Crippen molar-refractivity contribution in [3.63, 3.8) is 0 Å². The summed E-state index contributed by atoms with van der Waals surface area (Å²) in [6, 6.07) is 10.3. The van der Waals surface area contributed by atoms with Crippen LogP contribution in [0.5, 0.6) is 11.6 Å². The number of rotatable bonds is 12. The minimum absolute atomic E-state index is 0.0556. The Morgan fingerprint density at radius 2 is 1.81 bits per heavy atom. The minimum Gasteiger partial charge on any atom is -0.490 e. The Kier molecular flexibility index (Phi) is 11.8. The molecule has 0 spiro atoms. The number of aromatic nitrogens is 2. The first-order valence-corrected chi connectivity index (χ1v) is 15.6. The molecule has 4 rings (SSSR count). The number of ether oxygens (including phenoxy) is 5. The van der Waals surface area contributed by atoms with E-state index in [1.807, 2.05) is 26.8 Å². The molecule has 1 amide bonds. The number of unbranched alkanes of at least 4 members (excludes halogenated alkanes) is 1. The fraction of sp³-hybridized carbons (Fsp3) is 0.667. The lowest BCUT2D eigenvalue weighted by Crippen LogP contribution is -2.50. The molecule has 1 aliphatic heterocycles. The summed E-state index contributed by atoms with van der Waals surface area (Å²) in [4.78, 5) is 14.4. The van der Waals surface area contributed by atoms with Crippen LogP contribution in [0.3, 0.4) is 0 Å². The topological polar surface area (TPSA) is 92.2 Å². The summed E-state index contributed by atoms with van der Waals surface area (Å²) in [7, 11) is 1.59. The lowest BCUT2D eigenvalue weighted by atomic mass is 9.94. The quantitative estimate of drug-likeness (QED) is 0.251. The number of methoxy groups -OCH3 is 1. The number of likely N-dealkylation sites (tertiary alicyclic amines) is 1. The molecule has 232 valence electrons. The molecule has 42 heavy (non-hydrogen) atoms. The van der Waals surface area contributed by atoms with Gasteiger partial charge in [-0.25, -0.2) is 4.79 Å². The molecule has 2 atom stereocenters. The summed E-state index contributed by atoms with van der Waals surface area (Å²) in [6.45, 7) is 9.30. The zero-order chi connectivity index (χ0) is 30.0. The monoisotopic (exact) mass is 583 g/mol. The number of hydrogen-bond donors (Lipinski definition) is 0. The molecule has 2 fully saturated rings. The van der Waals surface area contributed by atoms with Crippen LogP contribution in [0.1, 0.15) is 84.8 Å². The van der Waals surface area contributed by atoms with Crippen molar-refractivity contribution in [3.8, 4) is 22.8 Å². The van der Waals surface area contributed by atoms with Crippen molar-refractivity contribution in [2.24, 2.45) is 5.92 Å². The molecule has 0 radical (unpaired) electrons. The van der Waals surface area contributed by atoms with Gasteiger partial charge < -0.3 is 28.6 Å². The molecule has 1 saturated heterocycles. The van der Waals surface area contributed by atoms with E-state index in [1.165, 1.54) is 19.3 Å². The molecule has 9 heteroatoms. The second-order valence-corrected chi connectivity index (χ2v) is 12.4. The van der Waals surface area contributed by atoms with E-state index in [2.05, 4.69) is 41.4 Å². The van der Waals surface area contributed by atoms with Crippen molar-refractivity contribution < 1.29 is 28.5 Å². The number of piperidine rings is 1. The molecule has 2 aliphatic rings. The highest BCUT2D eigenvalue weighted by molar-refractivity contribution is 5.68. The molecular formula is C33H49N3O6. The number of carbonyl (C=O) groups excluding carboxylic acids is 1. The Bertz CT molecular complexity index is 1110. The smallest absolute Gasteiger partial charge is 0.410 e. The zero-order valence-corrected chi connectivity index (χ0v) is 26.1. The van der Waals surface area contributed by atoms with Crippen molar-refractivity contribution in [2.45, 2.75) is 103 Å². The molecule has 0 bridgehead atoms. The standard InChI is InChI=1S/C33H49N3O6/c1-6-7-13-29-28(24-14-16-27(17-15-24)41-26-11-9-8-10-12-26)20-31(35-34-29)39-22-25-18-19-36(21-30(25)40-23-38-5)32(37)42-33(2,3)4/h14-17,20,25-26,30H,6-13,18-19,21-23H2,1-5H3/t25-,30-/m0/s1. The van der Waals surface area contributed by atoms with E-state index in [4.69, 9.17) is 23.7 Å². The van der Waals surface area contributed by atoms with Gasteiger partial charge in [-0.3, -0.25) is 0 Å². The van der Waals surface area contributed by atoms with Gasteiger partial charge in [-0.15, -0.1) is 5.10 Å². The summed E-state index contributed by atoms with van der Waals surface area (Å²) < 4.78 is 29.2. The average molecular weight is 584 g/mol. The number of nitrogens with zero attached hydrogens (tertiary/aromatic N) is 3. The maximum absolute atomic E-state index is 12.7. The Morgan fingerprint density at radius 3 is 2.50 bits per heavy atom. The lowest BCUT2D eigenvalue weighted by Gasteiger charge is -2.38. The summed E-state index contributed by atoms with van der Waals surface area (Å²) in [6.07, 6.45) is 9.50. The highest BCUT2D eigenvalue weighted by atomic mass is 16.7. The van der Waals surface area contributed by atoms with Gasteiger partial charge in [0.2, 0.25) is 5.88 Å². The van der Waals surface area contributed by atoms with Crippen LogP contribution in [0.15, 0.2) is 30.3 Å². The van der Waals surface area contributed by atoms with Gasteiger partial charge in [0.25, 0.3) is 0 Å². The third kappa shape index (κ3) is 9.56. The normalized spacial score (nSPS) is 19.9. The van der Waals surface area contributed by atoms with Crippen LogP contribution in [0, 0.1) is 5.92 Å². The molecule has 1 aromatic heterocycles. The Balaban J connectivity index is 1.43. The number of aryl methyl sites for hydroxylation is 1. The molecule has 2 heterocycles. The van der Waals surface area contributed by atoms with E-state index in [-0.39, 0.29) is 24.9 Å². The maximum Gasteiger partial charge on any atom is 0.410 e. The van der Waals surface area contributed by atoms with Crippen LogP contribution < -0.4 is 9.47 Å². The van der Waals surface area contributed by atoms with Crippen LogP contribution in [0.2, 0.25) is 0 Å². The first kappa shape index (κ1) is 32.0. The maximum atomic E-state index is 12.7. The van der Waals surface area contributed by atoms with Gasteiger partial charge in [0.05, 0.1) is 31.1 Å². The summed E-state index contributed by atoms with van der Waals surface area (Å²) in [5, 5.41) is 9.00. The lowest BCUT2D eigenvalue weighted by molar-refractivity contribution is -0.118. The van der Waals surface area contributed by atoms with Gasteiger partial charge in [0.15, 0.2) is 0 Å². The summed E-state index contributed by atoms with van der Waals surface area (Å²) in [5.74, 6) is 1.45. The van der Waals surface area contributed by atoms with E-state index in [0.717, 1.165) is 54.7 Å². The Labute approximate surface area is 251 Å². The number of amides is 1. The van der Waals surface area contributed by atoms with Crippen LogP contribution in [0.4, 0.5) is 4.79 Å². The highest BCUT2D eigenvalue weighted by Gasteiger charge is 2.35. The predicted octanol–water partition coefficient (Wildman–Crippen LogP) is 6.82. The molecule has 0 unspecified atom stereocenters. The van der Waals surface area contributed by atoms with Crippen LogP contribution in [-0.4, -0.2) is 72.6 Å². The molecular weight excluding hydrogens is 534 g/mol. The zero-order valence-electron chi connectivity index (χ0n) is 26.1. The summed E-state index contributed by atoms with van der Waals surface area (Å²) >= 11 is 0. The Morgan fingerprint density at radius 1 is 1.05 bits per heavy atom. The van der Waals surface area contributed by atoms with E-state index in [9.17, 15) is 4.79 Å². The molecule has 1 saturated carbocycles. The number of hydrogen-bond acceptors (Lipinski definition) is 8. The molecule has 0 N–H and O–H groups in total. The highest BCUT2D eigenvalue weighted by Crippen LogP contribution is 2.31. The van der Waals surface area contributed by atoms with Gasteiger partial charge in [-0.1, -0.05) is 31.9 Å². The third-order valence-corrected chi connectivity index (χ3v) is 7.83. The van der Waals surface area contributed by atoms with E-state index >= 15 is 0 Å². The molecule has 2 aromatic rings. The van der Waals surface area contributed by atoms with Gasteiger partial charge in [-0.2, -0.15) is 5.10 Å².